The maximum atomic E-state index is 12.2. The second-order valence-corrected chi connectivity index (χ2v) is 7.55. The van der Waals surface area contributed by atoms with Gasteiger partial charge in [-0.05, 0) is 63.8 Å². The van der Waals surface area contributed by atoms with Crippen LogP contribution in [-0.4, -0.2) is 43.3 Å². The van der Waals surface area contributed by atoms with E-state index in [9.17, 15) is 4.79 Å². The third-order valence-corrected chi connectivity index (χ3v) is 4.55. The molecule has 0 aromatic heterocycles. The Morgan fingerprint density at radius 1 is 1.42 bits per heavy atom. The van der Waals surface area contributed by atoms with Crippen molar-refractivity contribution in [3.8, 4) is 5.75 Å². The summed E-state index contributed by atoms with van der Waals surface area (Å²) in [5.74, 6) is 1.48. The lowest BCUT2D eigenvalue weighted by atomic mass is 9.85. The van der Waals surface area contributed by atoms with E-state index in [-0.39, 0.29) is 12.0 Å². The largest absolute Gasteiger partial charge is 0.496 e. The van der Waals surface area contributed by atoms with Crippen LogP contribution in [0.2, 0.25) is 0 Å². The number of carbonyl (C=O) groups excluding carboxylic acids is 1. The van der Waals surface area contributed by atoms with E-state index in [0.717, 1.165) is 24.3 Å². The van der Waals surface area contributed by atoms with Crippen LogP contribution in [0.4, 0.5) is 4.79 Å². The molecule has 1 aromatic rings. The highest BCUT2D eigenvalue weighted by Gasteiger charge is 2.34. The molecule has 134 valence electrons. The summed E-state index contributed by atoms with van der Waals surface area (Å²) in [6.07, 6.45) is 0.721. The number of methoxy groups -OCH3 is 1. The van der Waals surface area contributed by atoms with Crippen molar-refractivity contribution in [3.05, 3.63) is 29.3 Å². The van der Waals surface area contributed by atoms with E-state index in [1.165, 1.54) is 5.56 Å². The predicted octanol–water partition coefficient (Wildman–Crippen LogP) is 3.30. The Kier molecular flexibility index (Phi) is 5.75. The van der Waals surface area contributed by atoms with Gasteiger partial charge < -0.3 is 20.1 Å². The van der Waals surface area contributed by atoms with Gasteiger partial charge in [-0.3, -0.25) is 0 Å². The van der Waals surface area contributed by atoms with E-state index in [1.54, 1.807) is 12.0 Å². The highest BCUT2D eigenvalue weighted by atomic mass is 16.6. The molecule has 5 nitrogen and oxygen atoms in total. The molecular weight excluding hydrogens is 304 g/mol. The maximum absolute atomic E-state index is 12.2. The van der Waals surface area contributed by atoms with Crippen LogP contribution in [0.5, 0.6) is 5.75 Å². The first-order valence-corrected chi connectivity index (χ1v) is 8.57. The zero-order valence-corrected chi connectivity index (χ0v) is 15.5. The fourth-order valence-corrected chi connectivity index (χ4v) is 3.34. The Hall–Kier alpha value is -1.75. The average molecular weight is 334 g/mol. The number of hydrogen-bond acceptors (Lipinski definition) is 4. The first-order valence-electron chi connectivity index (χ1n) is 8.57. The molecule has 0 aliphatic carbocycles. The molecule has 1 saturated heterocycles. The van der Waals surface area contributed by atoms with Crippen LogP contribution in [-0.2, 0) is 4.74 Å². The fourth-order valence-electron chi connectivity index (χ4n) is 3.34. The van der Waals surface area contributed by atoms with E-state index in [1.807, 2.05) is 33.8 Å². The van der Waals surface area contributed by atoms with Gasteiger partial charge in [-0.1, -0.05) is 12.1 Å². The molecule has 2 N–H and O–H groups in total. The SMILES string of the molecule is COc1ccc(C(CN)C2CCN(C(=O)OC(C)(C)C)C2)cc1C. The predicted molar refractivity (Wildman–Crippen MR) is 95.4 cm³/mol. The Balaban J connectivity index is 2.07. The number of likely N-dealkylation sites (tertiary alicyclic amines) is 1. The van der Waals surface area contributed by atoms with Gasteiger partial charge in [-0.25, -0.2) is 4.79 Å². The van der Waals surface area contributed by atoms with Gasteiger partial charge in [0.15, 0.2) is 0 Å². The molecule has 0 spiro atoms. The minimum Gasteiger partial charge on any atom is -0.496 e. The molecule has 24 heavy (non-hydrogen) atoms. The van der Waals surface area contributed by atoms with Gasteiger partial charge in [0.25, 0.3) is 0 Å². The highest BCUT2D eigenvalue weighted by molar-refractivity contribution is 5.68. The summed E-state index contributed by atoms with van der Waals surface area (Å²) in [5, 5.41) is 0. The number of benzene rings is 1. The van der Waals surface area contributed by atoms with Crippen LogP contribution in [0.3, 0.4) is 0 Å². The summed E-state index contributed by atoms with van der Waals surface area (Å²) in [4.78, 5) is 14.0. The molecule has 2 rings (SSSR count). The van der Waals surface area contributed by atoms with E-state index >= 15 is 0 Å². The van der Waals surface area contributed by atoms with Crippen LogP contribution in [0.25, 0.3) is 0 Å². The normalized spacial score (nSPS) is 19.2. The minimum absolute atomic E-state index is 0.230. The number of nitrogens with two attached hydrogens (primary N) is 1. The first-order chi connectivity index (χ1) is 11.2. The van der Waals surface area contributed by atoms with Crippen LogP contribution >= 0.6 is 0 Å². The van der Waals surface area contributed by atoms with Gasteiger partial charge in [0.2, 0.25) is 0 Å². The molecule has 1 aliphatic rings. The first kappa shape index (κ1) is 18.6. The lowest BCUT2D eigenvalue weighted by Gasteiger charge is -2.26. The molecule has 2 unspecified atom stereocenters. The number of nitrogens with zero attached hydrogens (tertiary/aromatic N) is 1. The lowest BCUT2D eigenvalue weighted by Crippen LogP contribution is -2.36. The molecule has 0 radical (unpaired) electrons. The van der Waals surface area contributed by atoms with Gasteiger partial charge in [0, 0.05) is 19.0 Å². The van der Waals surface area contributed by atoms with Gasteiger partial charge in [-0.15, -0.1) is 0 Å². The summed E-state index contributed by atoms with van der Waals surface area (Å²) in [6.45, 7) is 9.70. The summed E-state index contributed by atoms with van der Waals surface area (Å²) in [5.41, 5.74) is 7.92. The van der Waals surface area contributed by atoms with E-state index in [0.29, 0.717) is 19.0 Å². The third kappa shape index (κ3) is 4.41. The fraction of sp³-hybridized carbons (Fsp3) is 0.632. The molecular formula is C19H30N2O3. The number of hydrogen-bond donors (Lipinski definition) is 1. The van der Waals surface area contributed by atoms with Crippen molar-refractivity contribution < 1.29 is 14.3 Å². The molecule has 0 bridgehead atoms. The standard InChI is InChI=1S/C19H30N2O3/c1-13-10-14(6-7-17(13)23-5)16(11-20)15-8-9-21(12-15)18(22)24-19(2,3)4/h6-7,10,15-16H,8-9,11-12,20H2,1-5H3. The Labute approximate surface area is 145 Å². The van der Waals surface area contributed by atoms with Crippen molar-refractivity contribution in [2.75, 3.05) is 26.7 Å². The average Bonchev–Trinajstić information content (AvgIpc) is 2.96. The number of ether oxygens (including phenoxy) is 2. The second kappa shape index (κ2) is 7.43. The van der Waals surface area contributed by atoms with Crippen LogP contribution in [0.1, 0.15) is 44.2 Å². The number of amides is 1. The quantitative estimate of drug-likeness (QED) is 0.917. The number of rotatable bonds is 4. The Morgan fingerprint density at radius 2 is 2.12 bits per heavy atom. The van der Waals surface area contributed by atoms with Crippen molar-refractivity contribution in [2.24, 2.45) is 11.7 Å². The highest BCUT2D eigenvalue weighted by Crippen LogP contribution is 2.34. The molecule has 2 atom stereocenters. The second-order valence-electron chi connectivity index (χ2n) is 7.55. The van der Waals surface area contributed by atoms with Gasteiger partial charge in [0.1, 0.15) is 11.4 Å². The molecule has 1 aliphatic heterocycles. The summed E-state index contributed by atoms with van der Waals surface area (Å²) in [7, 11) is 1.68. The van der Waals surface area contributed by atoms with Crippen molar-refractivity contribution in [1.29, 1.82) is 0 Å². The van der Waals surface area contributed by atoms with Crippen molar-refractivity contribution in [2.45, 2.75) is 45.6 Å². The van der Waals surface area contributed by atoms with E-state index in [4.69, 9.17) is 15.2 Å². The van der Waals surface area contributed by atoms with Gasteiger partial charge >= 0.3 is 6.09 Å². The molecule has 0 saturated carbocycles. The zero-order chi connectivity index (χ0) is 17.9. The van der Waals surface area contributed by atoms with Crippen LogP contribution < -0.4 is 10.5 Å². The molecule has 1 aromatic carbocycles. The van der Waals surface area contributed by atoms with Crippen molar-refractivity contribution in [3.63, 3.8) is 0 Å². The van der Waals surface area contributed by atoms with Crippen LogP contribution in [0.15, 0.2) is 18.2 Å². The van der Waals surface area contributed by atoms with E-state index < -0.39 is 5.60 Å². The Morgan fingerprint density at radius 3 is 2.67 bits per heavy atom. The molecule has 1 fully saturated rings. The van der Waals surface area contributed by atoms with Gasteiger partial charge in [0.05, 0.1) is 7.11 Å². The summed E-state index contributed by atoms with van der Waals surface area (Å²) >= 11 is 0. The monoisotopic (exact) mass is 334 g/mol. The third-order valence-electron chi connectivity index (χ3n) is 4.55. The van der Waals surface area contributed by atoms with Crippen molar-refractivity contribution >= 4 is 6.09 Å². The topological polar surface area (TPSA) is 64.8 Å². The van der Waals surface area contributed by atoms with Crippen molar-refractivity contribution in [1.82, 2.24) is 4.90 Å². The van der Waals surface area contributed by atoms with Gasteiger partial charge in [-0.2, -0.15) is 0 Å². The maximum Gasteiger partial charge on any atom is 0.410 e. The lowest BCUT2D eigenvalue weighted by molar-refractivity contribution is 0.0286. The minimum atomic E-state index is -0.463. The summed E-state index contributed by atoms with van der Waals surface area (Å²) in [6, 6.07) is 6.22. The zero-order valence-electron chi connectivity index (χ0n) is 15.5. The molecule has 5 heteroatoms. The smallest absolute Gasteiger partial charge is 0.410 e. The Bertz CT molecular complexity index is 580. The number of aryl methyl sites for hydroxylation is 1. The number of carbonyl (C=O) groups is 1. The summed E-state index contributed by atoms with van der Waals surface area (Å²) < 4.78 is 10.8. The van der Waals surface area contributed by atoms with Crippen LogP contribution in [0, 0.1) is 12.8 Å². The molecule has 1 heterocycles. The molecule has 1 amide bonds. The van der Waals surface area contributed by atoms with E-state index in [2.05, 4.69) is 12.1 Å².